The van der Waals surface area contributed by atoms with Gasteiger partial charge in [0.2, 0.25) is 18.3 Å². The molecule has 4 aromatic rings. The summed E-state index contributed by atoms with van der Waals surface area (Å²) in [6.07, 6.45) is 1.65. The first kappa shape index (κ1) is 18.9. The van der Waals surface area contributed by atoms with Gasteiger partial charge in [-0.05, 0) is 42.8 Å². The second-order valence-electron chi connectivity index (χ2n) is 7.14. The van der Waals surface area contributed by atoms with E-state index in [1.165, 1.54) is 10.5 Å². The Morgan fingerprint density at radius 1 is 1.23 bits per heavy atom. The quantitative estimate of drug-likeness (QED) is 0.383. The molecule has 0 spiro atoms. The minimum absolute atomic E-state index is 0.189. The van der Waals surface area contributed by atoms with Crippen LogP contribution in [0.15, 0.2) is 53.5 Å². The lowest BCUT2D eigenvalue weighted by atomic mass is 10.1. The number of aryl methyl sites for hydroxylation is 1. The maximum Gasteiger partial charge on any atom is 0.278 e. The molecule has 0 bridgehead atoms. The van der Waals surface area contributed by atoms with E-state index in [4.69, 9.17) is 15.2 Å². The number of benzene rings is 1. The second kappa shape index (κ2) is 7.28. The highest BCUT2D eigenvalue weighted by Crippen LogP contribution is 2.32. The monoisotopic (exact) mass is 418 g/mol. The van der Waals surface area contributed by atoms with E-state index in [0.29, 0.717) is 34.7 Å². The van der Waals surface area contributed by atoms with Crippen molar-refractivity contribution in [2.45, 2.75) is 20.0 Å². The number of rotatable bonds is 4. The highest BCUT2D eigenvalue weighted by molar-refractivity contribution is 6.00. The van der Waals surface area contributed by atoms with Crippen molar-refractivity contribution in [3.05, 3.63) is 70.1 Å². The van der Waals surface area contributed by atoms with E-state index < -0.39 is 0 Å². The van der Waals surface area contributed by atoms with Crippen LogP contribution in [0.2, 0.25) is 0 Å². The van der Waals surface area contributed by atoms with Gasteiger partial charge < -0.3 is 20.5 Å². The molecular weight excluding hydrogens is 398 g/mol. The Hall–Kier alpha value is -4.14. The van der Waals surface area contributed by atoms with E-state index in [1.807, 2.05) is 25.1 Å². The number of hydrogen-bond acceptors (Lipinski definition) is 6. The molecule has 0 radical (unpaired) electrons. The lowest BCUT2D eigenvalue weighted by Gasteiger charge is -2.11. The summed E-state index contributed by atoms with van der Waals surface area (Å²) in [5, 5.41) is 3.19. The van der Waals surface area contributed by atoms with Gasteiger partial charge in [-0.3, -0.25) is 14.0 Å². The van der Waals surface area contributed by atoms with Gasteiger partial charge in [0.05, 0.1) is 6.54 Å². The summed E-state index contributed by atoms with van der Waals surface area (Å²) < 4.78 is 13.8. The van der Waals surface area contributed by atoms with Gasteiger partial charge in [-0.2, -0.15) is 0 Å². The zero-order valence-corrected chi connectivity index (χ0v) is 16.8. The van der Waals surface area contributed by atoms with Crippen molar-refractivity contribution in [2.75, 3.05) is 12.5 Å². The molecule has 156 valence electrons. The summed E-state index contributed by atoms with van der Waals surface area (Å²) in [5.41, 5.74) is 8.10. The lowest BCUT2D eigenvalue weighted by Crippen LogP contribution is -2.42. The predicted molar refractivity (Wildman–Crippen MR) is 113 cm³/mol. The Morgan fingerprint density at radius 2 is 2.06 bits per heavy atom. The molecule has 1 amide bonds. The highest BCUT2D eigenvalue weighted by atomic mass is 16.7. The average Bonchev–Trinajstić information content (AvgIpc) is 3.25. The highest BCUT2D eigenvalue weighted by Gasteiger charge is 2.23. The number of nitrogens with zero attached hydrogens (tertiary/aromatic N) is 3. The van der Waals surface area contributed by atoms with Gasteiger partial charge in [-0.15, -0.1) is 0 Å². The van der Waals surface area contributed by atoms with Crippen molar-refractivity contribution in [3.8, 4) is 11.5 Å². The maximum atomic E-state index is 13.0. The second-order valence-corrected chi connectivity index (χ2v) is 7.14. The van der Waals surface area contributed by atoms with Crippen LogP contribution in [0.4, 0.5) is 5.82 Å². The third-order valence-electron chi connectivity index (χ3n) is 5.31. The Bertz CT molecular complexity index is 1410. The number of carbonyl (C=O) groups excluding carboxylic acids is 1. The van der Waals surface area contributed by atoms with Gasteiger partial charge in [0, 0.05) is 12.7 Å². The molecule has 0 saturated heterocycles. The van der Waals surface area contributed by atoms with Crippen LogP contribution in [-0.4, -0.2) is 22.1 Å². The van der Waals surface area contributed by atoms with Gasteiger partial charge >= 0.3 is 0 Å². The fourth-order valence-electron chi connectivity index (χ4n) is 3.73. The molecule has 3 N–H and O–H groups in total. The smallest absolute Gasteiger partial charge is 0.278 e. The largest absolute Gasteiger partial charge is 0.454 e. The van der Waals surface area contributed by atoms with Crippen LogP contribution in [0.3, 0.4) is 0 Å². The topological polar surface area (TPSA) is 112 Å². The Balaban J connectivity index is 1.53. The average molecular weight is 418 g/mol. The molecule has 0 atom stereocenters. The molecule has 4 heterocycles. The first-order valence-electron chi connectivity index (χ1n) is 9.87. The zero-order valence-electron chi connectivity index (χ0n) is 16.8. The normalized spacial score (nSPS) is 12.4. The van der Waals surface area contributed by atoms with Crippen LogP contribution in [-0.2, 0) is 13.1 Å². The molecule has 1 aliphatic heterocycles. The van der Waals surface area contributed by atoms with Gasteiger partial charge in [0.15, 0.2) is 11.5 Å². The van der Waals surface area contributed by atoms with Crippen molar-refractivity contribution >= 4 is 28.4 Å². The number of fused-ring (bicyclic) bond motifs is 3. The number of amides is 1. The minimum atomic E-state index is -0.378. The van der Waals surface area contributed by atoms with Crippen molar-refractivity contribution in [1.29, 1.82) is 0 Å². The fraction of sp³-hybridized carbons (Fsp3) is 0.182. The van der Waals surface area contributed by atoms with Crippen molar-refractivity contribution in [2.24, 2.45) is 0 Å². The molecule has 0 saturated carbocycles. The van der Waals surface area contributed by atoms with Gasteiger partial charge in [-0.25, -0.2) is 4.57 Å². The maximum absolute atomic E-state index is 13.0. The molecule has 1 aromatic carbocycles. The van der Waals surface area contributed by atoms with Crippen molar-refractivity contribution in [3.63, 3.8) is 0 Å². The molecule has 5 rings (SSSR count). The Morgan fingerprint density at radius 3 is 2.90 bits per heavy atom. The minimum Gasteiger partial charge on any atom is -0.454 e. The van der Waals surface area contributed by atoms with Crippen molar-refractivity contribution < 1.29 is 18.8 Å². The molecule has 0 aliphatic carbocycles. The predicted octanol–water partition coefficient (Wildman–Crippen LogP) is 1.40. The number of anilines is 1. The molecular formula is C22H20N5O4+. The number of pyridine rings is 2. The van der Waals surface area contributed by atoms with E-state index in [2.05, 4.69) is 10.3 Å². The number of nitrogen functional groups attached to an aromatic ring is 1. The molecule has 1 aliphatic rings. The Labute approximate surface area is 176 Å². The van der Waals surface area contributed by atoms with Crippen molar-refractivity contribution in [1.82, 2.24) is 14.7 Å². The first-order valence-corrected chi connectivity index (χ1v) is 9.87. The molecule has 0 fully saturated rings. The molecule has 9 nitrogen and oxygen atoms in total. The molecule has 3 aromatic heterocycles. The number of nitrogens with one attached hydrogen (secondary N) is 1. The summed E-state index contributed by atoms with van der Waals surface area (Å²) in [5.74, 6) is 1.20. The summed E-state index contributed by atoms with van der Waals surface area (Å²) >= 11 is 0. The standard InChI is InChI=1S/C22H19N5O4/c1-2-26-19(23)14(10-15-20(26)25-18-5-3-4-8-27(18)22(15)29)21(28)24-11-13-6-7-16-17(9-13)31-12-30-16/h3-10,23H,2,11-12H2,1H3,(H,24,28)/p+1. The van der Waals surface area contributed by atoms with Crippen LogP contribution in [0.5, 0.6) is 11.5 Å². The van der Waals surface area contributed by atoms with E-state index in [-0.39, 0.29) is 36.2 Å². The molecule has 31 heavy (non-hydrogen) atoms. The number of aromatic nitrogens is 3. The zero-order chi connectivity index (χ0) is 21.5. The van der Waals surface area contributed by atoms with E-state index >= 15 is 0 Å². The summed E-state index contributed by atoms with van der Waals surface area (Å²) in [7, 11) is 0. The van der Waals surface area contributed by atoms with E-state index in [9.17, 15) is 9.59 Å². The Kier molecular flexibility index (Phi) is 4.43. The van der Waals surface area contributed by atoms with Crippen LogP contribution < -0.4 is 30.7 Å². The number of ether oxygens (including phenoxy) is 2. The van der Waals surface area contributed by atoms with Crippen LogP contribution in [0, 0.1) is 0 Å². The lowest BCUT2D eigenvalue weighted by molar-refractivity contribution is -0.655. The van der Waals surface area contributed by atoms with E-state index in [0.717, 1.165) is 5.56 Å². The third kappa shape index (κ3) is 3.10. The summed E-state index contributed by atoms with van der Waals surface area (Å²) in [6.45, 7) is 2.81. The number of carbonyl (C=O) groups is 1. The van der Waals surface area contributed by atoms with E-state index in [1.54, 1.807) is 29.0 Å². The summed E-state index contributed by atoms with van der Waals surface area (Å²) in [6, 6.07) is 12.3. The molecule has 9 heteroatoms. The first-order chi connectivity index (χ1) is 15.1. The third-order valence-corrected chi connectivity index (χ3v) is 5.31. The number of hydrogen-bond donors (Lipinski definition) is 2. The van der Waals surface area contributed by atoms with Crippen LogP contribution in [0.25, 0.3) is 16.7 Å². The number of nitrogens with two attached hydrogens (primary N) is 1. The van der Waals surface area contributed by atoms with Gasteiger partial charge in [0.1, 0.15) is 10.9 Å². The van der Waals surface area contributed by atoms with Crippen LogP contribution >= 0.6 is 0 Å². The summed E-state index contributed by atoms with van der Waals surface area (Å²) in [4.78, 5) is 30.6. The van der Waals surface area contributed by atoms with Gasteiger partial charge in [0.25, 0.3) is 17.1 Å². The SMILES string of the molecule is CC[n+]1c(N)c(C(=O)NCc2ccc3c(c2)OCO3)cc2c(=O)n3ccccc3nc21. The molecule has 0 unspecified atom stereocenters. The van der Waals surface area contributed by atoms with Gasteiger partial charge in [-0.1, -0.05) is 17.1 Å². The fourth-order valence-corrected chi connectivity index (χ4v) is 3.73. The van der Waals surface area contributed by atoms with Crippen LogP contribution in [0.1, 0.15) is 22.8 Å².